The molecule has 1 heterocycles. The second kappa shape index (κ2) is 5.53. The van der Waals surface area contributed by atoms with E-state index < -0.39 is 5.60 Å². The van der Waals surface area contributed by atoms with Crippen molar-refractivity contribution in [1.82, 2.24) is 9.55 Å². The fourth-order valence-electron chi connectivity index (χ4n) is 2.19. The summed E-state index contributed by atoms with van der Waals surface area (Å²) < 4.78 is 15.1. The summed E-state index contributed by atoms with van der Waals surface area (Å²) in [6.45, 7) is 1.78. The third kappa shape index (κ3) is 3.89. The highest BCUT2D eigenvalue weighted by Gasteiger charge is 2.21. The van der Waals surface area contributed by atoms with Crippen LogP contribution in [0.15, 0.2) is 36.7 Å². The first-order chi connectivity index (χ1) is 8.96. The van der Waals surface area contributed by atoms with Gasteiger partial charge in [-0.05, 0) is 31.0 Å². The van der Waals surface area contributed by atoms with Crippen LogP contribution >= 0.6 is 0 Å². The molecule has 1 N–H and O–H groups in total. The quantitative estimate of drug-likeness (QED) is 0.899. The van der Waals surface area contributed by atoms with Gasteiger partial charge in [0.1, 0.15) is 11.6 Å². The molecule has 3 nitrogen and oxygen atoms in total. The molecule has 0 radical (unpaired) electrons. The van der Waals surface area contributed by atoms with Crippen molar-refractivity contribution in [2.75, 3.05) is 0 Å². The lowest BCUT2D eigenvalue weighted by Gasteiger charge is -2.23. The van der Waals surface area contributed by atoms with Gasteiger partial charge in [0, 0.05) is 32.3 Å². The second-order valence-electron chi connectivity index (χ2n) is 5.26. The van der Waals surface area contributed by atoms with Crippen LogP contribution in [-0.4, -0.2) is 20.3 Å². The predicted octanol–water partition coefficient (Wildman–Crippen LogP) is 2.49. The van der Waals surface area contributed by atoms with E-state index in [0.717, 1.165) is 11.4 Å². The molecule has 0 fully saturated rings. The standard InChI is InChI=1S/C15H19FN2O/c1-15(19,7-6-14-17-8-9-18(14)2)11-12-4-3-5-13(16)10-12/h3-5,8-10,19H,6-7,11H2,1-2H3. The number of aliphatic hydroxyl groups is 1. The Morgan fingerprint density at radius 3 is 2.84 bits per heavy atom. The Morgan fingerprint density at radius 1 is 1.42 bits per heavy atom. The first-order valence-corrected chi connectivity index (χ1v) is 6.39. The maximum Gasteiger partial charge on any atom is 0.123 e. The first-order valence-electron chi connectivity index (χ1n) is 6.39. The van der Waals surface area contributed by atoms with Crippen LogP contribution in [0, 0.1) is 5.82 Å². The number of imidazole rings is 1. The minimum absolute atomic E-state index is 0.266. The van der Waals surface area contributed by atoms with Crippen LogP contribution in [0.2, 0.25) is 0 Å². The van der Waals surface area contributed by atoms with Crippen LogP contribution < -0.4 is 0 Å². The number of aromatic nitrogens is 2. The molecule has 1 unspecified atom stereocenters. The molecular formula is C15H19FN2O. The molecule has 0 aliphatic rings. The summed E-state index contributed by atoms with van der Waals surface area (Å²) in [5, 5.41) is 10.4. The average molecular weight is 262 g/mol. The van der Waals surface area contributed by atoms with Gasteiger partial charge in [-0.25, -0.2) is 9.37 Å². The molecule has 19 heavy (non-hydrogen) atoms. The van der Waals surface area contributed by atoms with E-state index in [-0.39, 0.29) is 5.82 Å². The van der Waals surface area contributed by atoms with Crippen LogP contribution in [0.4, 0.5) is 4.39 Å². The maximum atomic E-state index is 13.1. The molecule has 0 aliphatic heterocycles. The number of rotatable bonds is 5. The van der Waals surface area contributed by atoms with Gasteiger partial charge in [-0.15, -0.1) is 0 Å². The third-order valence-corrected chi connectivity index (χ3v) is 3.28. The minimum atomic E-state index is -0.861. The van der Waals surface area contributed by atoms with E-state index in [9.17, 15) is 9.50 Å². The van der Waals surface area contributed by atoms with Crippen molar-refractivity contribution < 1.29 is 9.50 Å². The van der Waals surface area contributed by atoms with Gasteiger partial charge in [-0.2, -0.15) is 0 Å². The number of hydrogen-bond acceptors (Lipinski definition) is 2. The Morgan fingerprint density at radius 2 is 2.21 bits per heavy atom. The molecule has 0 aliphatic carbocycles. The van der Waals surface area contributed by atoms with Crippen LogP contribution in [0.5, 0.6) is 0 Å². The zero-order chi connectivity index (χ0) is 13.9. The average Bonchev–Trinajstić information content (AvgIpc) is 2.72. The monoisotopic (exact) mass is 262 g/mol. The van der Waals surface area contributed by atoms with Crippen molar-refractivity contribution in [3.8, 4) is 0 Å². The lowest BCUT2D eigenvalue weighted by Crippen LogP contribution is -2.28. The smallest absolute Gasteiger partial charge is 0.123 e. The number of aryl methyl sites for hydroxylation is 2. The van der Waals surface area contributed by atoms with E-state index in [1.165, 1.54) is 12.1 Å². The fraction of sp³-hybridized carbons (Fsp3) is 0.400. The van der Waals surface area contributed by atoms with Gasteiger partial charge in [0.15, 0.2) is 0 Å². The summed E-state index contributed by atoms with van der Waals surface area (Å²) in [6, 6.07) is 6.37. The Bertz CT molecular complexity index is 549. The van der Waals surface area contributed by atoms with E-state index in [4.69, 9.17) is 0 Å². The molecular weight excluding hydrogens is 243 g/mol. The molecule has 0 bridgehead atoms. The Hall–Kier alpha value is -1.68. The van der Waals surface area contributed by atoms with Gasteiger partial charge < -0.3 is 9.67 Å². The lowest BCUT2D eigenvalue weighted by molar-refractivity contribution is 0.0508. The van der Waals surface area contributed by atoms with E-state index in [2.05, 4.69) is 4.98 Å². The molecule has 1 aromatic heterocycles. The van der Waals surface area contributed by atoms with Gasteiger partial charge in [-0.1, -0.05) is 12.1 Å². The maximum absolute atomic E-state index is 13.1. The minimum Gasteiger partial charge on any atom is -0.390 e. The first kappa shape index (κ1) is 13.7. The highest BCUT2D eigenvalue weighted by Crippen LogP contribution is 2.19. The van der Waals surface area contributed by atoms with Gasteiger partial charge in [0.05, 0.1) is 5.60 Å². The SMILES string of the molecule is Cn1ccnc1CCC(C)(O)Cc1cccc(F)c1. The summed E-state index contributed by atoms with van der Waals surface area (Å²) in [5.41, 5.74) is -0.0513. The van der Waals surface area contributed by atoms with Gasteiger partial charge >= 0.3 is 0 Å². The van der Waals surface area contributed by atoms with Gasteiger partial charge in [-0.3, -0.25) is 0 Å². The summed E-state index contributed by atoms with van der Waals surface area (Å²) >= 11 is 0. The van der Waals surface area contributed by atoms with Crippen LogP contribution in [0.1, 0.15) is 24.7 Å². The topological polar surface area (TPSA) is 38.0 Å². The highest BCUT2D eigenvalue weighted by atomic mass is 19.1. The highest BCUT2D eigenvalue weighted by molar-refractivity contribution is 5.18. The van der Waals surface area contributed by atoms with Crippen molar-refractivity contribution in [3.63, 3.8) is 0 Å². The number of benzene rings is 1. The molecule has 4 heteroatoms. The Kier molecular flexibility index (Phi) is 4.00. The zero-order valence-corrected chi connectivity index (χ0v) is 11.3. The van der Waals surface area contributed by atoms with E-state index in [0.29, 0.717) is 19.3 Å². The Labute approximate surface area is 112 Å². The van der Waals surface area contributed by atoms with E-state index in [1.807, 2.05) is 23.9 Å². The number of nitrogens with zero attached hydrogens (tertiary/aromatic N) is 2. The summed E-state index contributed by atoms with van der Waals surface area (Å²) in [4.78, 5) is 4.23. The molecule has 1 atom stereocenters. The van der Waals surface area contributed by atoms with E-state index >= 15 is 0 Å². The zero-order valence-electron chi connectivity index (χ0n) is 11.3. The summed E-state index contributed by atoms with van der Waals surface area (Å²) in [6.07, 6.45) is 5.36. The molecule has 0 saturated heterocycles. The van der Waals surface area contributed by atoms with Crippen molar-refractivity contribution in [2.24, 2.45) is 7.05 Å². The van der Waals surface area contributed by atoms with Crippen molar-refractivity contribution in [1.29, 1.82) is 0 Å². The molecule has 0 spiro atoms. The summed E-state index contributed by atoms with van der Waals surface area (Å²) in [5.74, 6) is 0.678. The van der Waals surface area contributed by atoms with Gasteiger partial charge in [0.25, 0.3) is 0 Å². The van der Waals surface area contributed by atoms with Crippen LogP contribution in [0.25, 0.3) is 0 Å². The Balaban J connectivity index is 1.97. The molecule has 2 rings (SSSR count). The molecule has 102 valence electrons. The van der Waals surface area contributed by atoms with Crippen molar-refractivity contribution in [2.45, 2.75) is 31.8 Å². The largest absolute Gasteiger partial charge is 0.390 e. The number of halogens is 1. The van der Waals surface area contributed by atoms with Crippen LogP contribution in [-0.2, 0) is 19.9 Å². The molecule has 1 aromatic carbocycles. The third-order valence-electron chi connectivity index (χ3n) is 3.28. The van der Waals surface area contributed by atoms with Gasteiger partial charge in [0.2, 0.25) is 0 Å². The number of hydrogen-bond donors (Lipinski definition) is 1. The van der Waals surface area contributed by atoms with Crippen molar-refractivity contribution >= 4 is 0 Å². The second-order valence-corrected chi connectivity index (χ2v) is 5.26. The van der Waals surface area contributed by atoms with Crippen LogP contribution in [0.3, 0.4) is 0 Å². The van der Waals surface area contributed by atoms with Crippen molar-refractivity contribution in [3.05, 3.63) is 53.9 Å². The molecule has 2 aromatic rings. The predicted molar refractivity (Wildman–Crippen MR) is 72.3 cm³/mol. The summed E-state index contributed by atoms with van der Waals surface area (Å²) in [7, 11) is 1.93. The normalized spacial score (nSPS) is 14.3. The molecule has 0 amide bonds. The fourth-order valence-corrected chi connectivity index (χ4v) is 2.19. The van der Waals surface area contributed by atoms with E-state index in [1.54, 1.807) is 19.2 Å². The lowest BCUT2D eigenvalue weighted by atomic mass is 9.91. The molecule has 0 saturated carbocycles.